The Balaban J connectivity index is 2.03. The first-order valence-electron chi connectivity index (χ1n) is 5.68. The van der Waals surface area contributed by atoms with Gasteiger partial charge in [-0.05, 0) is 20.8 Å². The van der Waals surface area contributed by atoms with E-state index >= 15 is 0 Å². The number of hydrazine groups is 1. The van der Waals surface area contributed by atoms with E-state index in [1.807, 2.05) is 0 Å². The van der Waals surface area contributed by atoms with E-state index in [2.05, 4.69) is 40.7 Å². The second kappa shape index (κ2) is 4.85. The lowest BCUT2D eigenvalue weighted by atomic mass is 10.1. The highest BCUT2D eigenvalue weighted by molar-refractivity contribution is 7.10. The van der Waals surface area contributed by atoms with Crippen LogP contribution in [0.25, 0.3) is 0 Å². The van der Waals surface area contributed by atoms with Crippen molar-refractivity contribution in [2.45, 2.75) is 39.0 Å². The van der Waals surface area contributed by atoms with E-state index < -0.39 is 0 Å². The van der Waals surface area contributed by atoms with Crippen molar-refractivity contribution in [3.05, 3.63) is 5.69 Å². The smallest absolute Gasteiger partial charge is 0.148 e. The molecular weight excluding hydrogens is 238 g/mol. The van der Waals surface area contributed by atoms with Crippen LogP contribution in [0.15, 0.2) is 0 Å². The number of ether oxygens (including phenoxy) is 1. The van der Waals surface area contributed by atoms with Gasteiger partial charge in [-0.1, -0.05) is 4.49 Å². The minimum atomic E-state index is -0.114. The summed E-state index contributed by atoms with van der Waals surface area (Å²) in [4.78, 5) is 2.33. The van der Waals surface area contributed by atoms with E-state index in [0.29, 0.717) is 0 Å². The molecule has 1 aliphatic rings. The molecule has 0 radical (unpaired) electrons. The van der Waals surface area contributed by atoms with Gasteiger partial charge in [0.25, 0.3) is 0 Å². The molecule has 96 valence electrons. The third-order valence-corrected chi connectivity index (χ3v) is 3.40. The van der Waals surface area contributed by atoms with E-state index in [1.165, 1.54) is 11.5 Å². The minimum Gasteiger partial charge on any atom is -0.370 e. The number of nitrogen functional groups attached to an aromatic ring is 1. The molecule has 1 aromatic rings. The Bertz CT molecular complexity index is 381. The molecule has 0 aromatic carbocycles. The third-order valence-electron chi connectivity index (χ3n) is 2.70. The Kier molecular flexibility index (Phi) is 3.62. The molecule has 1 atom stereocenters. The van der Waals surface area contributed by atoms with Crippen molar-refractivity contribution in [3.8, 4) is 0 Å². The maximum absolute atomic E-state index is 5.86. The van der Waals surface area contributed by atoms with Gasteiger partial charge in [0.05, 0.1) is 11.7 Å². The van der Waals surface area contributed by atoms with Crippen molar-refractivity contribution in [1.29, 1.82) is 0 Å². The van der Waals surface area contributed by atoms with Gasteiger partial charge in [-0.15, -0.1) is 5.10 Å². The number of hydrogen-bond donors (Lipinski definition) is 2. The predicted octanol–water partition coefficient (Wildman–Crippen LogP) is 0.823. The molecule has 3 N–H and O–H groups in total. The first kappa shape index (κ1) is 12.7. The lowest BCUT2D eigenvalue weighted by molar-refractivity contribution is -0.130. The SMILES string of the molecule is CC1CN(Cc2nnsc2NN)CC(C)(C)O1. The van der Waals surface area contributed by atoms with Crippen LogP contribution < -0.4 is 11.3 Å². The van der Waals surface area contributed by atoms with Crippen LogP contribution in [0.3, 0.4) is 0 Å². The molecule has 1 aromatic heterocycles. The molecule has 0 saturated carbocycles. The Labute approximate surface area is 105 Å². The van der Waals surface area contributed by atoms with Gasteiger partial charge in [-0.3, -0.25) is 4.90 Å². The first-order valence-corrected chi connectivity index (χ1v) is 6.45. The first-order chi connectivity index (χ1) is 8.00. The van der Waals surface area contributed by atoms with Gasteiger partial charge in [0, 0.05) is 31.2 Å². The number of hydrogen-bond acceptors (Lipinski definition) is 7. The number of nitrogens with two attached hydrogens (primary N) is 1. The van der Waals surface area contributed by atoms with Gasteiger partial charge < -0.3 is 10.2 Å². The van der Waals surface area contributed by atoms with Gasteiger partial charge in [0.1, 0.15) is 10.7 Å². The van der Waals surface area contributed by atoms with E-state index in [-0.39, 0.29) is 11.7 Å². The number of rotatable bonds is 3. The molecule has 2 heterocycles. The van der Waals surface area contributed by atoms with Crippen molar-refractivity contribution >= 4 is 16.5 Å². The summed E-state index contributed by atoms with van der Waals surface area (Å²) in [6.07, 6.45) is 0.236. The number of nitrogens with one attached hydrogen (secondary N) is 1. The molecule has 6 nitrogen and oxygen atoms in total. The number of anilines is 1. The summed E-state index contributed by atoms with van der Waals surface area (Å²) < 4.78 is 9.77. The van der Waals surface area contributed by atoms with Crippen LogP contribution in [0.4, 0.5) is 5.00 Å². The van der Waals surface area contributed by atoms with Crippen LogP contribution in [0.1, 0.15) is 26.5 Å². The molecule has 0 spiro atoms. The van der Waals surface area contributed by atoms with Gasteiger partial charge in [-0.25, -0.2) is 5.84 Å². The average Bonchev–Trinajstić information content (AvgIpc) is 2.61. The standard InChI is InChI=1S/C10H19N5OS/c1-7-4-15(6-10(2,3)16-7)5-8-9(12-11)17-14-13-8/h7,12H,4-6,11H2,1-3H3. The summed E-state index contributed by atoms with van der Waals surface area (Å²) in [6.45, 7) is 8.86. The van der Waals surface area contributed by atoms with Crippen LogP contribution >= 0.6 is 11.5 Å². The Morgan fingerprint density at radius 1 is 1.65 bits per heavy atom. The summed E-state index contributed by atoms with van der Waals surface area (Å²) in [5.74, 6) is 5.42. The summed E-state index contributed by atoms with van der Waals surface area (Å²) in [7, 11) is 0. The molecule has 0 aliphatic carbocycles. The van der Waals surface area contributed by atoms with Crippen molar-refractivity contribution < 1.29 is 4.74 Å². The van der Waals surface area contributed by atoms with Crippen molar-refractivity contribution in [2.75, 3.05) is 18.5 Å². The molecule has 1 saturated heterocycles. The summed E-state index contributed by atoms with van der Waals surface area (Å²) in [5.41, 5.74) is 3.42. The number of aromatic nitrogens is 2. The maximum atomic E-state index is 5.86. The average molecular weight is 257 g/mol. The summed E-state index contributed by atoms with van der Waals surface area (Å²) in [5, 5.41) is 4.93. The molecule has 1 unspecified atom stereocenters. The minimum absolute atomic E-state index is 0.114. The van der Waals surface area contributed by atoms with Crippen LogP contribution in [0.2, 0.25) is 0 Å². The Morgan fingerprint density at radius 2 is 2.41 bits per heavy atom. The maximum Gasteiger partial charge on any atom is 0.148 e. The van der Waals surface area contributed by atoms with E-state index in [0.717, 1.165) is 30.3 Å². The highest BCUT2D eigenvalue weighted by Crippen LogP contribution is 2.24. The van der Waals surface area contributed by atoms with Crippen molar-refractivity contribution in [1.82, 2.24) is 14.5 Å². The number of nitrogens with zero attached hydrogens (tertiary/aromatic N) is 3. The Morgan fingerprint density at radius 3 is 3.06 bits per heavy atom. The van der Waals surface area contributed by atoms with Crippen LogP contribution in [0.5, 0.6) is 0 Å². The summed E-state index contributed by atoms with van der Waals surface area (Å²) in [6, 6.07) is 0. The molecule has 7 heteroatoms. The summed E-state index contributed by atoms with van der Waals surface area (Å²) >= 11 is 1.28. The highest BCUT2D eigenvalue weighted by Gasteiger charge is 2.31. The fraction of sp³-hybridized carbons (Fsp3) is 0.800. The molecule has 2 rings (SSSR count). The van der Waals surface area contributed by atoms with Gasteiger partial charge in [0.15, 0.2) is 0 Å². The van der Waals surface area contributed by atoms with Gasteiger partial charge in [-0.2, -0.15) is 0 Å². The monoisotopic (exact) mass is 257 g/mol. The zero-order valence-corrected chi connectivity index (χ0v) is 11.3. The molecule has 0 bridgehead atoms. The van der Waals surface area contributed by atoms with Crippen LogP contribution in [-0.2, 0) is 11.3 Å². The van der Waals surface area contributed by atoms with Crippen molar-refractivity contribution in [2.24, 2.45) is 5.84 Å². The topological polar surface area (TPSA) is 76.3 Å². The quantitative estimate of drug-likeness (QED) is 0.617. The lowest BCUT2D eigenvalue weighted by Gasteiger charge is -2.41. The van der Waals surface area contributed by atoms with E-state index in [4.69, 9.17) is 10.6 Å². The zero-order valence-electron chi connectivity index (χ0n) is 10.4. The molecule has 17 heavy (non-hydrogen) atoms. The highest BCUT2D eigenvalue weighted by atomic mass is 32.1. The third kappa shape index (κ3) is 3.12. The molecule has 0 amide bonds. The van der Waals surface area contributed by atoms with Crippen LogP contribution in [0, 0.1) is 0 Å². The van der Waals surface area contributed by atoms with Crippen molar-refractivity contribution in [3.63, 3.8) is 0 Å². The predicted molar refractivity (Wildman–Crippen MR) is 67.6 cm³/mol. The molecular formula is C10H19N5OS. The molecule has 1 fully saturated rings. The fourth-order valence-electron chi connectivity index (χ4n) is 2.34. The zero-order chi connectivity index (χ0) is 12.5. The van der Waals surface area contributed by atoms with Crippen LogP contribution in [-0.4, -0.2) is 39.3 Å². The van der Waals surface area contributed by atoms with E-state index in [9.17, 15) is 0 Å². The molecule has 1 aliphatic heterocycles. The normalized spacial score (nSPS) is 24.8. The second-order valence-electron chi connectivity index (χ2n) is 5.05. The van der Waals surface area contributed by atoms with E-state index in [1.54, 1.807) is 0 Å². The number of morpholine rings is 1. The second-order valence-corrected chi connectivity index (χ2v) is 5.80. The van der Waals surface area contributed by atoms with Gasteiger partial charge >= 0.3 is 0 Å². The van der Waals surface area contributed by atoms with Gasteiger partial charge in [0.2, 0.25) is 0 Å². The Hall–Kier alpha value is -0.760. The fourth-order valence-corrected chi connectivity index (χ4v) is 2.82. The lowest BCUT2D eigenvalue weighted by Crippen LogP contribution is -2.51. The largest absolute Gasteiger partial charge is 0.370 e.